The Hall–Kier alpha value is -1.36. The molecule has 3 N–H and O–H groups in total. The average Bonchev–Trinajstić information content (AvgIpc) is 3.09. The zero-order chi connectivity index (χ0) is 12.3. The second-order valence-corrected chi connectivity index (χ2v) is 6.10. The fourth-order valence-electron chi connectivity index (χ4n) is 1.61. The van der Waals surface area contributed by atoms with Crippen molar-refractivity contribution < 1.29 is 4.21 Å². The van der Waals surface area contributed by atoms with Gasteiger partial charge in [-0.15, -0.1) is 0 Å². The predicted molar refractivity (Wildman–Crippen MR) is 72.6 cm³/mol. The van der Waals surface area contributed by atoms with Gasteiger partial charge in [0, 0.05) is 22.7 Å². The van der Waals surface area contributed by atoms with Gasteiger partial charge in [-0.1, -0.05) is 18.2 Å². The van der Waals surface area contributed by atoms with Crippen LogP contribution in [-0.2, 0) is 10.8 Å². The third-order valence-electron chi connectivity index (χ3n) is 3.00. The van der Waals surface area contributed by atoms with Crippen LogP contribution in [0.15, 0.2) is 35.3 Å². The van der Waals surface area contributed by atoms with Crippen molar-refractivity contribution in [3.05, 3.63) is 30.3 Å². The third kappa shape index (κ3) is 3.06. The zero-order valence-corrected chi connectivity index (χ0v) is 10.7. The number of guanidine groups is 1. The number of nitrogens with one attached hydrogen (secondary N) is 1. The van der Waals surface area contributed by atoms with Crippen molar-refractivity contribution in [2.45, 2.75) is 17.6 Å². The predicted octanol–water partition coefficient (Wildman–Crippen LogP) is 1.32. The topological polar surface area (TPSA) is 67.5 Å². The quantitative estimate of drug-likeness (QED) is 0.626. The summed E-state index contributed by atoms with van der Waals surface area (Å²) in [4.78, 5) is 4.27. The standard InChI is InChI=1S/C12H17N3OS/c1-17(16)12(7-8-12)9-14-11(13)15-10-5-3-2-4-6-10/h2-6H,7-9H2,1H3,(H3,13,14,15). The van der Waals surface area contributed by atoms with Crippen LogP contribution in [0.5, 0.6) is 0 Å². The van der Waals surface area contributed by atoms with Gasteiger partial charge in [-0.25, -0.2) is 0 Å². The number of nitrogens with zero attached hydrogens (tertiary/aromatic N) is 1. The molecule has 1 aliphatic carbocycles. The summed E-state index contributed by atoms with van der Waals surface area (Å²) >= 11 is 0. The van der Waals surface area contributed by atoms with E-state index in [1.54, 1.807) is 6.26 Å². The molecule has 1 unspecified atom stereocenters. The molecule has 0 bridgehead atoms. The van der Waals surface area contributed by atoms with Gasteiger partial charge in [0.15, 0.2) is 5.96 Å². The van der Waals surface area contributed by atoms with Gasteiger partial charge < -0.3 is 11.1 Å². The molecule has 1 aliphatic rings. The van der Waals surface area contributed by atoms with Crippen molar-refractivity contribution in [3.8, 4) is 0 Å². The van der Waals surface area contributed by atoms with E-state index in [4.69, 9.17) is 5.73 Å². The summed E-state index contributed by atoms with van der Waals surface area (Å²) in [6.07, 6.45) is 3.71. The van der Waals surface area contributed by atoms with E-state index in [2.05, 4.69) is 10.3 Å². The van der Waals surface area contributed by atoms with Crippen LogP contribution in [-0.4, -0.2) is 27.7 Å². The van der Waals surface area contributed by atoms with Crippen LogP contribution in [0.3, 0.4) is 0 Å². The Bertz CT molecular complexity index is 440. The van der Waals surface area contributed by atoms with Crippen molar-refractivity contribution in [1.29, 1.82) is 0 Å². The first-order valence-electron chi connectivity index (χ1n) is 5.58. The van der Waals surface area contributed by atoms with Crippen LogP contribution in [0.25, 0.3) is 0 Å². The molecule has 1 atom stereocenters. The van der Waals surface area contributed by atoms with E-state index in [1.807, 2.05) is 30.3 Å². The van der Waals surface area contributed by atoms with E-state index in [-0.39, 0.29) is 4.75 Å². The molecule has 2 rings (SSSR count). The van der Waals surface area contributed by atoms with E-state index in [0.29, 0.717) is 12.5 Å². The van der Waals surface area contributed by atoms with E-state index in [9.17, 15) is 4.21 Å². The highest BCUT2D eigenvalue weighted by Crippen LogP contribution is 2.41. The van der Waals surface area contributed by atoms with Gasteiger partial charge in [0.1, 0.15) is 0 Å². The summed E-state index contributed by atoms with van der Waals surface area (Å²) in [6, 6.07) is 9.65. The van der Waals surface area contributed by atoms with E-state index >= 15 is 0 Å². The van der Waals surface area contributed by atoms with Gasteiger partial charge in [-0.05, 0) is 25.0 Å². The lowest BCUT2D eigenvalue weighted by Gasteiger charge is -2.10. The van der Waals surface area contributed by atoms with Crippen molar-refractivity contribution in [2.75, 3.05) is 18.1 Å². The maximum Gasteiger partial charge on any atom is 0.193 e. The van der Waals surface area contributed by atoms with Crippen molar-refractivity contribution in [2.24, 2.45) is 10.7 Å². The van der Waals surface area contributed by atoms with Crippen molar-refractivity contribution in [3.63, 3.8) is 0 Å². The van der Waals surface area contributed by atoms with Gasteiger partial charge >= 0.3 is 0 Å². The van der Waals surface area contributed by atoms with Crippen LogP contribution in [0.4, 0.5) is 5.69 Å². The number of hydrogen-bond acceptors (Lipinski definition) is 2. The number of hydrogen-bond donors (Lipinski definition) is 2. The highest BCUT2D eigenvalue weighted by Gasteiger charge is 2.46. The molecule has 0 amide bonds. The number of nitrogens with two attached hydrogens (primary N) is 1. The average molecular weight is 251 g/mol. The number of rotatable bonds is 4. The molecule has 1 aromatic rings. The van der Waals surface area contributed by atoms with E-state index in [0.717, 1.165) is 18.5 Å². The Balaban J connectivity index is 1.92. The smallest absolute Gasteiger partial charge is 0.193 e. The Morgan fingerprint density at radius 3 is 2.65 bits per heavy atom. The van der Waals surface area contributed by atoms with Gasteiger partial charge in [-0.3, -0.25) is 9.20 Å². The number of para-hydroxylation sites is 1. The number of benzene rings is 1. The summed E-state index contributed by atoms with van der Waals surface area (Å²) in [5.41, 5.74) is 6.69. The maximum absolute atomic E-state index is 11.5. The second-order valence-electron chi connectivity index (χ2n) is 4.33. The molecule has 0 spiro atoms. The monoisotopic (exact) mass is 251 g/mol. The summed E-state index contributed by atoms with van der Waals surface area (Å²) < 4.78 is 11.4. The second kappa shape index (κ2) is 4.87. The molecule has 17 heavy (non-hydrogen) atoms. The summed E-state index contributed by atoms with van der Waals surface area (Å²) in [6.45, 7) is 0.543. The third-order valence-corrected chi connectivity index (χ3v) is 4.76. The Kier molecular flexibility index (Phi) is 3.47. The maximum atomic E-state index is 11.5. The molecule has 0 radical (unpaired) electrons. The normalized spacial score (nSPS) is 19.7. The first kappa shape index (κ1) is 12.1. The van der Waals surface area contributed by atoms with Crippen LogP contribution < -0.4 is 11.1 Å². The molecule has 0 saturated heterocycles. The summed E-state index contributed by atoms with van der Waals surface area (Å²) in [5, 5.41) is 3.01. The summed E-state index contributed by atoms with van der Waals surface area (Å²) in [5.74, 6) is 0.382. The lowest BCUT2D eigenvalue weighted by atomic mass is 10.3. The molecular weight excluding hydrogens is 234 g/mol. The molecule has 5 heteroatoms. The van der Waals surface area contributed by atoms with Crippen LogP contribution >= 0.6 is 0 Å². The molecule has 1 saturated carbocycles. The van der Waals surface area contributed by atoms with Gasteiger partial charge in [0.25, 0.3) is 0 Å². The first-order chi connectivity index (χ1) is 8.12. The Labute approximate surface area is 104 Å². The number of anilines is 1. The summed E-state index contributed by atoms with van der Waals surface area (Å²) in [7, 11) is -0.818. The van der Waals surface area contributed by atoms with Crippen LogP contribution in [0, 0.1) is 0 Å². The molecule has 1 aromatic carbocycles. The molecule has 0 aliphatic heterocycles. The fourth-order valence-corrected chi connectivity index (χ4v) is 2.54. The minimum absolute atomic E-state index is 0.108. The molecule has 0 heterocycles. The van der Waals surface area contributed by atoms with E-state index in [1.165, 1.54) is 0 Å². The zero-order valence-electron chi connectivity index (χ0n) is 9.85. The minimum atomic E-state index is -0.818. The SMILES string of the molecule is CS(=O)C1(CN=C(N)Nc2ccccc2)CC1. The molecule has 0 aromatic heterocycles. The largest absolute Gasteiger partial charge is 0.370 e. The van der Waals surface area contributed by atoms with Crippen LogP contribution in [0.1, 0.15) is 12.8 Å². The Morgan fingerprint density at radius 1 is 1.47 bits per heavy atom. The fraction of sp³-hybridized carbons (Fsp3) is 0.417. The Morgan fingerprint density at radius 2 is 2.12 bits per heavy atom. The molecule has 4 nitrogen and oxygen atoms in total. The van der Waals surface area contributed by atoms with E-state index < -0.39 is 10.8 Å². The first-order valence-corrected chi connectivity index (χ1v) is 7.14. The highest BCUT2D eigenvalue weighted by atomic mass is 32.2. The van der Waals surface area contributed by atoms with Gasteiger partial charge in [0.05, 0.1) is 11.3 Å². The van der Waals surface area contributed by atoms with Crippen molar-refractivity contribution >= 4 is 22.4 Å². The molecule has 92 valence electrons. The lowest BCUT2D eigenvalue weighted by molar-refractivity contribution is 0.672. The lowest BCUT2D eigenvalue weighted by Crippen LogP contribution is -2.27. The van der Waals surface area contributed by atoms with Crippen LogP contribution in [0.2, 0.25) is 0 Å². The highest BCUT2D eigenvalue weighted by molar-refractivity contribution is 7.86. The molecular formula is C12H17N3OS. The van der Waals surface area contributed by atoms with Crippen molar-refractivity contribution in [1.82, 2.24) is 0 Å². The number of aliphatic imine (C=N–C) groups is 1. The van der Waals surface area contributed by atoms with Gasteiger partial charge in [0.2, 0.25) is 0 Å². The van der Waals surface area contributed by atoms with Gasteiger partial charge in [-0.2, -0.15) is 0 Å². The molecule has 1 fully saturated rings. The minimum Gasteiger partial charge on any atom is -0.370 e.